The molecule has 2 aromatic rings. The van der Waals surface area contributed by atoms with Gasteiger partial charge in [-0.15, -0.1) is 24.0 Å². The fourth-order valence-electron chi connectivity index (χ4n) is 3.53. The zero-order chi connectivity index (χ0) is 18.9. The van der Waals surface area contributed by atoms with Crippen LogP contribution in [0.15, 0.2) is 59.6 Å². The number of hydrogen-bond donors (Lipinski definition) is 3. The highest BCUT2D eigenvalue weighted by Gasteiger charge is 2.15. The Morgan fingerprint density at radius 2 is 1.79 bits per heavy atom. The fraction of sp³-hybridized carbons (Fsp3) is 0.409. The van der Waals surface area contributed by atoms with Crippen LogP contribution in [0.1, 0.15) is 22.6 Å². The number of nitrogens with one attached hydrogen (secondary N) is 2. The van der Waals surface area contributed by atoms with E-state index in [2.05, 4.69) is 44.8 Å². The summed E-state index contributed by atoms with van der Waals surface area (Å²) < 4.78 is 0. The number of nitrogens with zero attached hydrogens (tertiary/aromatic N) is 2. The second kappa shape index (κ2) is 12.0. The predicted molar refractivity (Wildman–Crippen MR) is 126 cm³/mol. The first-order chi connectivity index (χ1) is 13.3. The SMILES string of the molecule is CN=C(NCCN1CCc2ccccc2C1)NCC(CO)c1ccccc1.I. The molecule has 0 radical (unpaired) electrons. The lowest BCUT2D eigenvalue weighted by molar-refractivity contribution is 0.257. The maximum atomic E-state index is 9.68. The normalized spacial score (nSPS) is 15.3. The number of benzene rings is 2. The fourth-order valence-corrected chi connectivity index (χ4v) is 3.53. The van der Waals surface area contributed by atoms with Crippen molar-refractivity contribution in [3.8, 4) is 0 Å². The zero-order valence-electron chi connectivity index (χ0n) is 16.5. The van der Waals surface area contributed by atoms with Gasteiger partial charge < -0.3 is 15.7 Å². The number of rotatable bonds is 7. The Bertz CT molecular complexity index is 738. The molecule has 6 heteroatoms. The molecule has 28 heavy (non-hydrogen) atoms. The summed E-state index contributed by atoms with van der Waals surface area (Å²) in [5.74, 6) is 0.838. The van der Waals surface area contributed by atoms with E-state index in [0.29, 0.717) is 6.54 Å². The lowest BCUT2D eigenvalue weighted by atomic mass is 10.00. The summed E-state index contributed by atoms with van der Waals surface area (Å²) in [6, 6.07) is 18.8. The highest BCUT2D eigenvalue weighted by atomic mass is 127. The van der Waals surface area contributed by atoms with Gasteiger partial charge in [-0.2, -0.15) is 0 Å². The number of aliphatic hydroxyl groups is 1. The molecule has 2 aromatic carbocycles. The molecule has 152 valence electrons. The molecule has 1 aliphatic heterocycles. The van der Waals surface area contributed by atoms with Crippen LogP contribution in [0, 0.1) is 0 Å². The van der Waals surface area contributed by atoms with Gasteiger partial charge in [-0.25, -0.2) is 0 Å². The van der Waals surface area contributed by atoms with Gasteiger partial charge in [0.25, 0.3) is 0 Å². The van der Waals surface area contributed by atoms with Gasteiger partial charge in [0.1, 0.15) is 0 Å². The van der Waals surface area contributed by atoms with Crippen molar-refractivity contribution in [3.05, 3.63) is 71.3 Å². The van der Waals surface area contributed by atoms with Gasteiger partial charge in [0.05, 0.1) is 6.61 Å². The van der Waals surface area contributed by atoms with Gasteiger partial charge >= 0.3 is 0 Å². The summed E-state index contributed by atoms with van der Waals surface area (Å²) in [5.41, 5.74) is 4.06. The average Bonchev–Trinajstić information content (AvgIpc) is 2.73. The largest absolute Gasteiger partial charge is 0.396 e. The van der Waals surface area contributed by atoms with E-state index < -0.39 is 0 Å². The molecule has 0 aliphatic carbocycles. The molecule has 0 bridgehead atoms. The van der Waals surface area contributed by atoms with Crippen LogP contribution in [0.4, 0.5) is 0 Å². The summed E-state index contributed by atoms with van der Waals surface area (Å²) in [5, 5.41) is 16.4. The molecule has 3 N–H and O–H groups in total. The maximum Gasteiger partial charge on any atom is 0.191 e. The molecule has 0 saturated heterocycles. The molecule has 1 unspecified atom stereocenters. The molecule has 1 heterocycles. The van der Waals surface area contributed by atoms with Crippen molar-refractivity contribution in [3.63, 3.8) is 0 Å². The van der Waals surface area contributed by atoms with Gasteiger partial charge in [0, 0.05) is 45.7 Å². The Labute approximate surface area is 185 Å². The lowest BCUT2D eigenvalue weighted by Crippen LogP contribution is -2.43. The van der Waals surface area contributed by atoms with E-state index in [9.17, 15) is 5.11 Å². The molecule has 5 nitrogen and oxygen atoms in total. The first kappa shape index (κ1) is 22.6. The van der Waals surface area contributed by atoms with Gasteiger partial charge in [0.15, 0.2) is 5.96 Å². The van der Waals surface area contributed by atoms with E-state index in [-0.39, 0.29) is 36.5 Å². The average molecular weight is 494 g/mol. The summed E-state index contributed by atoms with van der Waals surface area (Å²) in [6.07, 6.45) is 1.12. The number of aliphatic imine (C=N–C) groups is 1. The Balaban J connectivity index is 0.00000280. The second-order valence-electron chi connectivity index (χ2n) is 6.96. The zero-order valence-corrected chi connectivity index (χ0v) is 18.8. The topological polar surface area (TPSA) is 59.9 Å². The van der Waals surface area contributed by atoms with E-state index >= 15 is 0 Å². The van der Waals surface area contributed by atoms with Gasteiger partial charge in [-0.3, -0.25) is 9.89 Å². The van der Waals surface area contributed by atoms with Gasteiger partial charge in [-0.1, -0.05) is 54.6 Å². The van der Waals surface area contributed by atoms with E-state index in [4.69, 9.17) is 0 Å². The summed E-state index contributed by atoms with van der Waals surface area (Å²) >= 11 is 0. The summed E-state index contributed by atoms with van der Waals surface area (Å²) in [6.45, 7) is 4.71. The number of guanidine groups is 1. The van der Waals surface area contributed by atoms with Crippen molar-refractivity contribution in [2.24, 2.45) is 4.99 Å². The third-order valence-electron chi connectivity index (χ3n) is 5.16. The second-order valence-corrected chi connectivity index (χ2v) is 6.96. The van der Waals surface area contributed by atoms with Crippen molar-refractivity contribution in [2.45, 2.75) is 18.9 Å². The Morgan fingerprint density at radius 3 is 2.50 bits per heavy atom. The molecule has 0 amide bonds. The minimum Gasteiger partial charge on any atom is -0.396 e. The smallest absolute Gasteiger partial charge is 0.191 e. The van der Waals surface area contributed by atoms with Crippen molar-refractivity contribution in [1.29, 1.82) is 0 Å². The van der Waals surface area contributed by atoms with E-state index in [1.807, 2.05) is 30.3 Å². The van der Waals surface area contributed by atoms with Crippen molar-refractivity contribution in [2.75, 3.05) is 39.8 Å². The first-order valence-corrected chi connectivity index (χ1v) is 9.69. The Hall–Kier alpha value is -1.64. The van der Waals surface area contributed by atoms with Gasteiger partial charge in [0.2, 0.25) is 0 Å². The van der Waals surface area contributed by atoms with E-state index in [1.165, 1.54) is 11.1 Å². The van der Waals surface area contributed by atoms with Gasteiger partial charge in [-0.05, 0) is 23.1 Å². The molecule has 0 fully saturated rings. The van der Waals surface area contributed by atoms with Crippen LogP contribution in [-0.4, -0.2) is 55.8 Å². The van der Waals surface area contributed by atoms with Crippen LogP contribution < -0.4 is 10.6 Å². The van der Waals surface area contributed by atoms with Crippen molar-refractivity contribution >= 4 is 29.9 Å². The molecule has 0 saturated carbocycles. The minimum absolute atomic E-state index is 0. The quantitative estimate of drug-likeness (QED) is 0.315. The third-order valence-corrected chi connectivity index (χ3v) is 5.16. The number of hydrogen-bond acceptors (Lipinski definition) is 3. The van der Waals surface area contributed by atoms with Crippen LogP contribution in [0.3, 0.4) is 0 Å². The van der Waals surface area contributed by atoms with Crippen LogP contribution in [0.5, 0.6) is 0 Å². The molecule has 1 aliphatic rings. The highest BCUT2D eigenvalue weighted by molar-refractivity contribution is 14.0. The van der Waals surface area contributed by atoms with Crippen molar-refractivity contribution < 1.29 is 5.11 Å². The number of aliphatic hydroxyl groups excluding tert-OH is 1. The molecular weight excluding hydrogens is 463 g/mol. The number of halogens is 1. The van der Waals surface area contributed by atoms with Crippen LogP contribution in [-0.2, 0) is 13.0 Å². The summed E-state index contributed by atoms with van der Waals surface area (Å²) in [4.78, 5) is 6.78. The molecule has 0 aromatic heterocycles. The maximum absolute atomic E-state index is 9.68. The molecular formula is C22H31IN4O. The van der Waals surface area contributed by atoms with E-state index in [0.717, 1.165) is 44.1 Å². The van der Waals surface area contributed by atoms with Crippen LogP contribution >= 0.6 is 24.0 Å². The minimum atomic E-state index is 0. The third kappa shape index (κ3) is 6.46. The highest BCUT2D eigenvalue weighted by Crippen LogP contribution is 2.17. The van der Waals surface area contributed by atoms with Crippen LogP contribution in [0.2, 0.25) is 0 Å². The molecule has 0 spiro atoms. The number of fused-ring (bicyclic) bond motifs is 1. The van der Waals surface area contributed by atoms with Crippen molar-refractivity contribution in [1.82, 2.24) is 15.5 Å². The lowest BCUT2D eigenvalue weighted by Gasteiger charge is -2.29. The predicted octanol–water partition coefficient (Wildman–Crippen LogP) is 2.60. The van der Waals surface area contributed by atoms with Crippen LogP contribution in [0.25, 0.3) is 0 Å². The summed E-state index contributed by atoms with van der Waals surface area (Å²) in [7, 11) is 1.78. The first-order valence-electron chi connectivity index (χ1n) is 9.69. The molecule has 1 atom stereocenters. The van der Waals surface area contributed by atoms with E-state index in [1.54, 1.807) is 7.05 Å². The Morgan fingerprint density at radius 1 is 1.07 bits per heavy atom. The monoisotopic (exact) mass is 494 g/mol. The molecule has 3 rings (SSSR count). The Kier molecular flexibility index (Phi) is 9.73. The standard InChI is InChI=1S/C22H30N4O.HI/c1-23-22(25-15-21(17-27)18-7-3-2-4-8-18)24-12-14-26-13-11-19-9-5-6-10-20(19)16-26;/h2-10,21,27H,11-17H2,1H3,(H2,23,24,25);1H.